The van der Waals surface area contributed by atoms with E-state index in [1.54, 1.807) is 12.8 Å². The molecule has 2 fully saturated rings. The third-order valence-electron chi connectivity index (χ3n) is 10.1. The normalized spacial score (nSPS) is 34.4. The molecule has 0 aliphatic heterocycles. The molecule has 1 unspecified atom stereocenters. The first-order valence-electron chi connectivity index (χ1n) is 13.8. The number of carbonyl (C=O) groups excluding carboxylic acids is 2. The Bertz CT molecular complexity index is 1280. The molecule has 6 atom stereocenters. The summed E-state index contributed by atoms with van der Waals surface area (Å²) in [6.45, 7) is 5.94. The number of hydrogen-bond donors (Lipinski definition) is 1. The molecule has 1 aromatic rings. The van der Waals surface area contributed by atoms with E-state index in [2.05, 4.69) is 30.3 Å². The van der Waals surface area contributed by atoms with Crippen LogP contribution >= 0.6 is 0 Å². The number of hydrogen-bond acceptors (Lipinski definition) is 3. The van der Waals surface area contributed by atoms with Crippen molar-refractivity contribution < 1.29 is 22.8 Å². The van der Waals surface area contributed by atoms with Gasteiger partial charge < -0.3 is 5.32 Å². The van der Waals surface area contributed by atoms with E-state index in [1.165, 1.54) is 11.1 Å². The monoisotopic (exact) mass is 523 g/mol. The Hall–Kier alpha value is -2.81. The second-order valence-electron chi connectivity index (χ2n) is 11.9. The molecule has 0 saturated heterocycles. The number of carbonyl (C=O) groups is 2. The van der Waals surface area contributed by atoms with Crippen molar-refractivity contribution in [2.75, 3.05) is 12.4 Å². The van der Waals surface area contributed by atoms with Crippen LogP contribution in [-0.4, -0.2) is 24.8 Å². The Morgan fingerprint density at radius 2 is 1.89 bits per heavy atom. The minimum Gasteiger partial charge on any atom is -0.388 e. The van der Waals surface area contributed by atoms with Gasteiger partial charge in [-0.05, 0) is 90.2 Å². The Morgan fingerprint density at radius 1 is 1.18 bits per heavy atom. The van der Waals surface area contributed by atoms with Crippen molar-refractivity contribution in [3.63, 3.8) is 0 Å². The third-order valence-corrected chi connectivity index (χ3v) is 10.1. The number of alkyl halides is 3. The van der Waals surface area contributed by atoms with E-state index in [0.29, 0.717) is 32.1 Å². The maximum absolute atomic E-state index is 13.6. The molecule has 0 bridgehead atoms. The van der Waals surface area contributed by atoms with E-state index in [4.69, 9.17) is 0 Å². The molecule has 0 amide bonds. The van der Waals surface area contributed by atoms with Gasteiger partial charge in [0.2, 0.25) is 0 Å². The fraction of sp³-hybridized carbons (Fsp3) is 0.562. The molecule has 4 aliphatic carbocycles. The molecule has 0 radical (unpaired) electrons. The van der Waals surface area contributed by atoms with Crippen molar-refractivity contribution in [2.45, 2.75) is 77.8 Å². The van der Waals surface area contributed by atoms with Crippen LogP contribution in [0.1, 0.15) is 77.2 Å². The minimum absolute atomic E-state index is 0.0407. The predicted molar refractivity (Wildman–Crippen MR) is 142 cm³/mol. The molecule has 6 heteroatoms. The standard InChI is InChI=1S/C32H36F3NO2/c1-5-28(38)31(14-15-32(33,34)35)13-12-27-25-16-19(2)24-17-22(37)10-11-23(24)29(25)26(18-30(27,31)3)20-6-8-21(36-4)9-7-20/h6-9,17,19,25-27,36H,5,10-13,16,18H2,1-4H3/t19?,25-,26+,27-,30-,31+/m0/s1. The van der Waals surface area contributed by atoms with E-state index in [-0.39, 0.29) is 41.7 Å². The lowest BCUT2D eigenvalue weighted by Gasteiger charge is -2.55. The summed E-state index contributed by atoms with van der Waals surface area (Å²) in [6.07, 6.45) is 1.01. The van der Waals surface area contributed by atoms with Gasteiger partial charge >= 0.3 is 6.18 Å². The van der Waals surface area contributed by atoms with Crippen LogP contribution in [0.25, 0.3) is 0 Å². The topological polar surface area (TPSA) is 46.2 Å². The van der Waals surface area contributed by atoms with Crippen LogP contribution in [0.2, 0.25) is 0 Å². The number of fused-ring (bicyclic) bond motifs is 4. The molecule has 2 saturated carbocycles. The quantitative estimate of drug-likeness (QED) is 0.418. The Morgan fingerprint density at radius 3 is 2.53 bits per heavy atom. The van der Waals surface area contributed by atoms with Gasteiger partial charge in [0.25, 0.3) is 0 Å². The van der Waals surface area contributed by atoms with Crippen molar-refractivity contribution in [1.29, 1.82) is 0 Å². The smallest absolute Gasteiger partial charge is 0.388 e. The number of nitrogens with one attached hydrogen (secondary N) is 1. The van der Waals surface area contributed by atoms with Gasteiger partial charge in [-0.15, -0.1) is 0 Å². The summed E-state index contributed by atoms with van der Waals surface area (Å²) in [5, 5.41) is 3.15. The lowest BCUT2D eigenvalue weighted by molar-refractivity contribution is -0.132. The van der Waals surface area contributed by atoms with E-state index in [1.807, 2.05) is 32.2 Å². The predicted octanol–water partition coefficient (Wildman–Crippen LogP) is 7.41. The highest BCUT2D eigenvalue weighted by Crippen LogP contribution is 2.70. The summed E-state index contributed by atoms with van der Waals surface area (Å²) in [7, 11) is 1.86. The first-order valence-corrected chi connectivity index (χ1v) is 13.8. The number of ketones is 2. The first kappa shape index (κ1) is 26.8. The fourth-order valence-corrected chi connectivity index (χ4v) is 8.37. The number of halogens is 3. The number of rotatable bonds is 4. The van der Waals surface area contributed by atoms with Gasteiger partial charge in [0.15, 0.2) is 11.6 Å². The van der Waals surface area contributed by atoms with Gasteiger partial charge in [-0.25, -0.2) is 0 Å². The Kier molecular flexibility index (Phi) is 6.65. The molecule has 0 aromatic heterocycles. The lowest BCUT2D eigenvalue weighted by atomic mass is 9.47. The Labute approximate surface area is 223 Å². The number of allylic oxidation sites excluding steroid dienone is 4. The van der Waals surface area contributed by atoms with E-state index in [0.717, 1.165) is 23.2 Å². The van der Waals surface area contributed by atoms with Crippen LogP contribution in [0.5, 0.6) is 0 Å². The SMILES string of the molecule is CCC(=O)[C@]1(C#CC(F)(F)F)CC[C@H]2[C@@H]3CC(C)C4=CC(=O)CCC4=C3[C@@H](c3ccc(NC)cc3)C[C@@]21C. The molecular weight excluding hydrogens is 487 g/mol. The van der Waals surface area contributed by atoms with Gasteiger partial charge in [0, 0.05) is 37.4 Å². The van der Waals surface area contributed by atoms with Crippen LogP contribution in [0.3, 0.4) is 0 Å². The lowest BCUT2D eigenvalue weighted by Crippen LogP contribution is -2.51. The molecule has 0 spiro atoms. The number of Topliss-reactive ketones (excluding diaryl/α,β-unsaturated/α-hetero) is 1. The summed E-state index contributed by atoms with van der Waals surface area (Å²) in [6, 6.07) is 8.25. The van der Waals surface area contributed by atoms with Gasteiger partial charge in [0.05, 0.1) is 5.41 Å². The number of anilines is 1. The summed E-state index contributed by atoms with van der Waals surface area (Å²) < 4.78 is 40.2. The average molecular weight is 524 g/mol. The highest BCUT2D eigenvalue weighted by atomic mass is 19.4. The van der Waals surface area contributed by atoms with E-state index >= 15 is 0 Å². The summed E-state index contributed by atoms with van der Waals surface area (Å²) in [5.41, 5.74) is 3.85. The highest BCUT2D eigenvalue weighted by molar-refractivity contribution is 5.93. The van der Waals surface area contributed by atoms with E-state index in [9.17, 15) is 22.8 Å². The second-order valence-corrected chi connectivity index (χ2v) is 11.9. The zero-order chi connectivity index (χ0) is 27.5. The van der Waals surface area contributed by atoms with Crippen LogP contribution < -0.4 is 5.32 Å². The molecule has 3 nitrogen and oxygen atoms in total. The number of benzene rings is 1. The van der Waals surface area contributed by atoms with Crippen molar-refractivity contribution in [3.05, 3.63) is 52.6 Å². The van der Waals surface area contributed by atoms with E-state index < -0.39 is 17.0 Å². The van der Waals surface area contributed by atoms with Crippen molar-refractivity contribution in [3.8, 4) is 11.8 Å². The molecule has 0 heterocycles. The largest absolute Gasteiger partial charge is 0.457 e. The Balaban J connectivity index is 1.73. The van der Waals surface area contributed by atoms with Crippen LogP contribution in [-0.2, 0) is 9.59 Å². The fourth-order valence-electron chi connectivity index (χ4n) is 8.37. The zero-order valence-electron chi connectivity index (χ0n) is 22.6. The molecule has 5 rings (SSSR count). The van der Waals surface area contributed by atoms with Crippen LogP contribution in [0.15, 0.2) is 47.1 Å². The molecule has 1 N–H and O–H groups in total. The summed E-state index contributed by atoms with van der Waals surface area (Å²) in [5.74, 6) is 4.48. The first-order chi connectivity index (χ1) is 17.9. The van der Waals surface area contributed by atoms with Gasteiger partial charge in [-0.2, -0.15) is 13.2 Å². The van der Waals surface area contributed by atoms with Crippen LogP contribution in [0.4, 0.5) is 18.9 Å². The second kappa shape index (κ2) is 9.43. The maximum Gasteiger partial charge on any atom is 0.457 e. The van der Waals surface area contributed by atoms with Crippen LogP contribution in [0, 0.1) is 40.4 Å². The van der Waals surface area contributed by atoms with Crippen molar-refractivity contribution in [1.82, 2.24) is 0 Å². The molecule has 202 valence electrons. The van der Waals surface area contributed by atoms with Crippen molar-refractivity contribution >= 4 is 17.3 Å². The zero-order valence-corrected chi connectivity index (χ0v) is 22.6. The summed E-state index contributed by atoms with van der Waals surface area (Å²) >= 11 is 0. The van der Waals surface area contributed by atoms with Gasteiger partial charge in [-0.3, -0.25) is 9.59 Å². The third kappa shape index (κ3) is 4.14. The molecule has 4 aliphatic rings. The van der Waals surface area contributed by atoms with Crippen molar-refractivity contribution in [2.24, 2.45) is 28.6 Å². The van der Waals surface area contributed by atoms with Gasteiger partial charge in [-0.1, -0.05) is 44.4 Å². The molecular formula is C32H36F3NO2. The van der Waals surface area contributed by atoms with Gasteiger partial charge in [0.1, 0.15) is 0 Å². The molecule has 1 aromatic carbocycles. The highest BCUT2D eigenvalue weighted by Gasteiger charge is 2.65. The molecule has 38 heavy (non-hydrogen) atoms. The summed E-state index contributed by atoms with van der Waals surface area (Å²) in [4.78, 5) is 26.0. The maximum atomic E-state index is 13.6. The minimum atomic E-state index is -4.65. The average Bonchev–Trinajstić information content (AvgIpc) is 3.19.